The molecule has 0 aromatic heterocycles. The monoisotopic (exact) mass is 277 g/mol. The first-order valence-corrected chi connectivity index (χ1v) is 8.13. The molecule has 1 nitrogen and oxygen atoms in total. The van der Waals surface area contributed by atoms with E-state index in [4.69, 9.17) is 11.6 Å². The van der Waals surface area contributed by atoms with E-state index in [2.05, 4.69) is 24.4 Å². The normalized spacial score (nSPS) is 30.3. The Morgan fingerprint density at radius 2 is 2.05 bits per heavy atom. The van der Waals surface area contributed by atoms with Crippen LogP contribution in [-0.2, 0) is 6.42 Å². The van der Waals surface area contributed by atoms with Gasteiger partial charge in [0.15, 0.2) is 0 Å². The summed E-state index contributed by atoms with van der Waals surface area (Å²) >= 11 is 6.07. The first-order chi connectivity index (χ1) is 9.24. The van der Waals surface area contributed by atoms with Crippen molar-refractivity contribution in [2.45, 2.75) is 51.5 Å². The molecular weight excluding hydrogens is 254 g/mol. The molecule has 1 aromatic rings. The van der Waals surface area contributed by atoms with E-state index in [1.165, 1.54) is 56.2 Å². The third-order valence-electron chi connectivity index (χ3n) is 5.10. The summed E-state index contributed by atoms with van der Waals surface area (Å²) in [6, 6.07) is 6.94. The van der Waals surface area contributed by atoms with Gasteiger partial charge in [-0.05, 0) is 60.9 Å². The van der Waals surface area contributed by atoms with Gasteiger partial charge in [-0.15, -0.1) is 0 Å². The lowest BCUT2D eigenvalue weighted by atomic mass is 9.80. The Balaban J connectivity index is 1.60. The van der Waals surface area contributed by atoms with E-state index < -0.39 is 0 Å². The standard InChI is InChI=1S/C17H24ClN/c1-12-4-2-3-5-14(12)11-19-17-9-6-13-10-15(18)7-8-16(13)17/h7-8,10,12,14,17,19H,2-6,9,11H2,1H3. The van der Waals surface area contributed by atoms with Gasteiger partial charge in [0.25, 0.3) is 0 Å². The summed E-state index contributed by atoms with van der Waals surface area (Å²) in [5, 5.41) is 4.69. The number of rotatable bonds is 3. The predicted molar refractivity (Wildman–Crippen MR) is 81.6 cm³/mol. The van der Waals surface area contributed by atoms with Gasteiger partial charge in [-0.3, -0.25) is 0 Å². The summed E-state index contributed by atoms with van der Waals surface area (Å²) in [5.74, 6) is 1.78. The Bertz CT molecular complexity index is 443. The fraction of sp³-hybridized carbons (Fsp3) is 0.647. The van der Waals surface area contributed by atoms with Crippen molar-refractivity contribution in [2.24, 2.45) is 11.8 Å². The molecule has 3 atom stereocenters. The molecule has 0 radical (unpaired) electrons. The number of fused-ring (bicyclic) bond motifs is 1. The van der Waals surface area contributed by atoms with Gasteiger partial charge in [0.2, 0.25) is 0 Å². The number of nitrogens with one attached hydrogen (secondary N) is 1. The Morgan fingerprint density at radius 3 is 2.89 bits per heavy atom. The molecule has 0 spiro atoms. The highest BCUT2D eigenvalue weighted by molar-refractivity contribution is 6.30. The van der Waals surface area contributed by atoms with Crippen molar-refractivity contribution in [3.05, 3.63) is 34.3 Å². The van der Waals surface area contributed by atoms with E-state index in [-0.39, 0.29) is 0 Å². The maximum atomic E-state index is 6.07. The third-order valence-corrected chi connectivity index (χ3v) is 5.33. The highest BCUT2D eigenvalue weighted by Gasteiger charge is 2.25. The Labute approximate surface area is 121 Å². The molecule has 1 fully saturated rings. The average molecular weight is 278 g/mol. The van der Waals surface area contributed by atoms with Gasteiger partial charge in [-0.25, -0.2) is 0 Å². The molecule has 19 heavy (non-hydrogen) atoms. The fourth-order valence-electron chi connectivity index (χ4n) is 3.79. The van der Waals surface area contributed by atoms with Crippen LogP contribution in [0, 0.1) is 11.8 Å². The van der Waals surface area contributed by atoms with Crippen molar-refractivity contribution < 1.29 is 0 Å². The van der Waals surface area contributed by atoms with Crippen molar-refractivity contribution in [3.8, 4) is 0 Å². The van der Waals surface area contributed by atoms with Crippen LogP contribution in [0.15, 0.2) is 18.2 Å². The lowest BCUT2D eigenvalue weighted by Gasteiger charge is -2.30. The van der Waals surface area contributed by atoms with E-state index in [1.807, 2.05) is 6.07 Å². The molecule has 1 saturated carbocycles. The van der Waals surface area contributed by atoms with Crippen molar-refractivity contribution in [3.63, 3.8) is 0 Å². The third kappa shape index (κ3) is 2.98. The highest BCUT2D eigenvalue weighted by Crippen LogP contribution is 2.34. The molecule has 104 valence electrons. The Kier molecular flexibility index (Phi) is 4.14. The topological polar surface area (TPSA) is 12.0 Å². The molecule has 0 heterocycles. The molecule has 3 rings (SSSR count). The van der Waals surface area contributed by atoms with Gasteiger partial charge in [0.1, 0.15) is 0 Å². The first kappa shape index (κ1) is 13.5. The fourth-order valence-corrected chi connectivity index (χ4v) is 3.98. The zero-order valence-electron chi connectivity index (χ0n) is 11.8. The van der Waals surface area contributed by atoms with Crippen LogP contribution in [0.1, 0.15) is 56.2 Å². The minimum absolute atomic E-state index is 0.557. The Hall–Kier alpha value is -0.530. The number of hydrogen-bond acceptors (Lipinski definition) is 1. The summed E-state index contributed by atoms with van der Waals surface area (Å²) < 4.78 is 0. The largest absolute Gasteiger partial charge is 0.310 e. The lowest BCUT2D eigenvalue weighted by molar-refractivity contribution is 0.240. The maximum absolute atomic E-state index is 6.07. The van der Waals surface area contributed by atoms with Crippen molar-refractivity contribution in [1.82, 2.24) is 5.32 Å². The summed E-state index contributed by atoms with van der Waals surface area (Å²) in [5.41, 5.74) is 2.93. The second-order valence-electron chi connectivity index (χ2n) is 6.36. The summed E-state index contributed by atoms with van der Waals surface area (Å²) in [6.07, 6.45) is 8.10. The molecule has 3 unspecified atom stereocenters. The maximum Gasteiger partial charge on any atom is 0.0408 e. The Morgan fingerprint density at radius 1 is 1.21 bits per heavy atom. The van der Waals surface area contributed by atoms with Crippen LogP contribution < -0.4 is 5.32 Å². The van der Waals surface area contributed by atoms with Crippen LogP contribution in [0.3, 0.4) is 0 Å². The van der Waals surface area contributed by atoms with E-state index in [0.717, 1.165) is 16.9 Å². The number of halogens is 1. The van der Waals surface area contributed by atoms with Gasteiger partial charge in [0.05, 0.1) is 0 Å². The molecule has 0 bridgehead atoms. The molecule has 0 aliphatic heterocycles. The smallest absolute Gasteiger partial charge is 0.0408 e. The summed E-state index contributed by atoms with van der Waals surface area (Å²) in [6.45, 7) is 3.61. The average Bonchev–Trinajstić information content (AvgIpc) is 2.80. The number of hydrogen-bond donors (Lipinski definition) is 1. The van der Waals surface area contributed by atoms with Crippen LogP contribution >= 0.6 is 11.6 Å². The molecule has 1 N–H and O–H groups in total. The number of aryl methyl sites for hydroxylation is 1. The van der Waals surface area contributed by atoms with Crippen molar-refractivity contribution in [2.75, 3.05) is 6.54 Å². The number of benzene rings is 1. The van der Waals surface area contributed by atoms with E-state index in [9.17, 15) is 0 Å². The van der Waals surface area contributed by atoms with Crippen molar-refractivity contribution >= 4 is 11.6 Å². The molecule has 2 heteroatoms. The quantitative estimate of drug-likeness (QED) is 0.841. The van der Waals surface area contributed by atoms with Crippen molar-refractivity contribution in [1.29, 1.82) is 0 Å². The van der Waals surface area contributed by atoms with E-state index in [1.54, 1.807) is 0 Å². The molecule has 0 amide bonds. The second-order valence-corrected chi connectivity index (χ2v) is 6.80. The van der Waals surface area contributed by atoms with Gasteiger partial charge >= 0.3 is 0 Å². The summed E-state index contributed by atoms with van der Waals surface area (Å²) in [7, 11) is 0. The van der Waals surface area contributed by atoms with Crippen LogP contribution in [0.5, 0.6) is 0 Å². The highest BCUT2D eigenvalue weighted by atomic mass is 35.5. The van der Waals surface area contributed by atoms with E-state index in [0.29, 0.717) is 6.04 Å². The molecule has 2 aliphatic rings. The van der Waals surface area contributed by atoms with Gasteiger partial charge in [-0.2, -0.15) is 0 Å². The van der Waals surface area contributed by atoms with Crippen LogP contribution in [0.25, 0.3) is 0 Å². The zero-order valence-corrected chi connectivity index (χ0v) is 12.5. The molecular formula is C17H24ClN. The second kappa shape index (κ2) is 5.85. The van der Waals surface area contributed by atoms with Gasteiger partial charge in [0, 0.05) is 11.1 Å². The predicted octanol–water partition coefficient (Wildman–Crippen LogP) is 4.74. The minimum atomic E-state index is 0.557. The SMILES string of the molecule is CC1CCCCC1CNC1CCc2cc(Cl)ccc21. The van der Waals surface area contributed by atoms with E-state index >= 15 is 0 Å². The molecule has 1 aromatic carbocycles. The molecule has 0 saturated heterocycles. The van der Waals surface area contributed by atoms with Gasteiger partial charge in [-0.1, -0.05) is 43.9 Å². The zero-order chi connectivity index (χ0) is 13.2. The van der Waals surface area contributed by atoms with Crippen LogP contribution in [0.2, 0.25) is 5.02 Å². The molecule has 2 aliphatic carbocycles. The minimum Gasteiger partial charge on any atom is -0.310 e. The van der Waals surface area contributed by atoms with Crippen LogP contribution in [-0.4, -0.2) is 6.54 Å². The van der Waals surface area contributed by atoms with Crippen LogP contribution in [0.4, 0.5) is 0 Å². The van der Waals surface area contributed by atoms with Gasteiger partial charge < -0.3 is 5.32 Å². The first-order valence-electron chi connectivity index (χ1n) is 7.76. The summed E-state index contributed by atoms with van der Waals surface area (Å²) in [4.78, 5) is 0. The lowest BCUT2D eigenvalue weighted by Crippen LogP contribution is -2.31.